The van der Waals surface area contributed by atoms with Gasteiger partial charge in [0.15, 0.2) is 5.82 Å². The van der Waals surface area contributed by atoms with Crippen LogP contribution in [0.25, 0.3) is 0 Å². The van der Waals surface area contributed by atoms with E-state index in [9.17, 15) is 8.78 Å². The number of nitrogens with zero attached hydrogens (tertiary/aromatic N) is 1. The highest BCUT2D eigenvalue weighted by Gasteiger charge is 2.01. The number of halogens is 2. The van der Waals surface area contributed by atoms with Gasteiger partial charge in [0.1, 0.15) is 18.2 Å². The molecule has 0 bridgehead atoms. The van der Waals surface area contributed by atoms with Crippen molar-refractivity contribution in [1.82, 2.24) is 0 Å². The molecule has 3 aromatic rings. The average Bonchev–Trinajstić information content (AvgIpc) is 2.64. The SMILES string of the molecule is Fc1ccc(NN=Cc2ccc(OCc3ccccc3)cc2)c(F)c1. The van der Waals surface area contributed by atoms with Gasteiger partial charge >= 0.3 is 0 Å². The molecule has 3 nitrogen and oxygen atoms in total. The summed E-state index contributed by atoms with van der Waals surface area (Å²) in [6, 6.07) is 20.5. The van der Waals surface area contributed by atoms with Crippen LogP contribution in [0.15, 0.2) is 77.9 Å². The Kier molecular flexibility index (Phi) is 5.36. The van der Waals surface area contributed by atoms with E-state index in [1.54, 1.807) is 6.21 Å². The minimum Gasteiger partial charge on any atom is -0.489 e. The Balaban J connectivity index is 1.55. The van der Waals surface area contributed by atoms with Crippen molar-refractivity contribution in [3.05, 3.63) is 95.6 Å². The lowest BCUT2D eigenvalue weighted by atomic mass is 10.2. The summed E-state index contributed by atoms with van der Waals surface area (Å²) in [6.07, 6.45) is 1.55. The summed E-state index contributed by atoms with van der Waals surface area (Å²) in [5, 5.41) is 3.95. The normalized spacial score (nSPS) is 10.8. The molecule has 0 fully saturated rings. The van der Waals surface area contributed by atoms with E-state index >= 15 is 0 Å². The molecule has 0 aliphatic carbocycles. The van der Waals surface area contributed by atoms with Crippen LogP contribution in [-0.2, 0) is 6.61 Å². The van der Waals surface area contributed by atoms with Gasteiger partial charge in [0, 0.05) is 6.07 Å². The van der Waals surface area contributed by atoms with Gasteiger partial charge in [-0.25, -0.2) is 8.78 Å². The first-order chi connectivity index (χ1) is 12.2. The molecule has 0 aromatic heterocycles. The smallest absolute Gasteiger partial charge is 0.151 e. The third-order valence-corrected chi connectivity index (χ3v) is 3.46. The van der Waals surface area contributed by atoms with Gasteiger partial charge in [-0.15, -0.1) is 0 Å². The van der Waals surface area contributed by atoms with E-state index in [1.165, 1.54) is 12.1 Å². The van der Waals surface area contributed by atoms with Crippen molar-refractivity contribution in [3.63, 3.8) is 0 Å². The molecule has 0 amide bonds. The lowest BCUT2D eigenvalue weighted by molar-refractivity contribution is 0.306. The van der Waals surface area contributed by atoms with Crippen LogP contribution in [0.1, 0.15) is 11.1 Å². The molecular weight excluding hydrogens is 322 g/mol. The lowest BCUT2D eigenvalue weighted by Crippen LogP contribution is -1.96. The summed E-state index contributed by atoms with van der Waals surface area (Å²) in [5.74, 6) is -0.571. The van der Waals surface area contributed by atoms with Gasteiger partial charge in [-0.1, -0.05) is 30.3 Å². The lowest BCUT2D eigenvalue weighted by Gasteiger charge is -2.06. The maximum atomic E-state index is 13.5. The van der Waals surface area contributed by atoms with E-state index in [4.69, 9.17) is 4.74 Å². The molecule has 3 aromatic carbocycles. The van der Waals surface area contributed by atoms with Gasteiger partial charge in [-0.2, -0.15) is 5.10 Å². The molecule has 5 heteroatoms. The monoisotopic (exact) mass is 338 g/mol. The van der Waals surface area contributed by atoms with Gasteiger partial charge in [-0.3, -0.25) is 5.43 Å². The predicted octanol–water partition coefficient (Wildman–Crippen LogP) is 4.99. The maximum absolute atomic E-state index is 13.5. The number of rotatable bonds is 6. The average molecular weight is 338 g/mol. The zero-order valence-corrected chi connectivity index (χ0v) is 13.3. The fraction of sp³-hybridized carbons (Fsp3) is 0.0500. The van der Waals surface area contributed by atoms with Crippen LogP contribution in [0.4, 0.5) is 14.5 Å². The van der Waals surface area contributed by atoms with Gasteiger partial charge < -0.3 is 4.74 Å². The Labute approximate surface area is 144 Å². The topological polar surface area (TPSA) is 33.6 Å². The van der Waals surface area contributed by atoms with Gasteiger partial charge in [0.2, 0.25) is 0 Å². The summed E-state index contributed by atoms with van der Waals surface area (Å²) < 4.78 is 32.0. The van der Waals surface area contributed by atoms with Crippen LogP contribution in [-0.4, -0.2) is 6.21 Å². The largest absolute Gasteiger partial charge is 0.489 e. The molecule has 126 valence electrons. The Hall–Kier alpha value is -3.21. The van der Waals surface area contributed by atoms with E-state index in [0.717, 1.165) is 22.9 Å². The van der Waals surface area contributed by atoms with Crippen molar-refractivity contribution < 1.29 is 13.5 Å². The Morgan fingerprint density at radius 2 is 1.68 bits per heavy atom. The molecule has 25 heavy (non-hydrogen) atoms. The molecule has 0 atom stereocenters. The first-order valence-electron chi connectivity index (χ1n) is 7.71. The molecule has 0 aliphatic heterocycles. The quantitative estimate of drug-likeness (QED) is 0.507. The number of hydrogen-bond acceptors (Lipinski definition) is 3. The molecule has 0 saturated heterocycles. The zero-order chi connectivity index (χ0) is 17.5. The van der Waals surface area contributed by atoms with Crippen molar-refractivity contribution in [2.75, 3.05) is 5.43 Å². The second-order valence-corrected chi connectivity index (χ2v) is 5.34. The third kappa shape index (κ3) is 4.88. The van der Waals surface area contributed by atoms with E-state index in [-0.39, 0.29) is 5.69 Å². The van der Waals surface area contributed by atoms with Gasteiger partial charge in [0.25, 0.3) is 0 Å². The molecule has 0 aliphatic rings. The van der Waals surface area contributed by atoms with E-state index in [0.29, 0.717) is 6.61 Å². The van der Waals surface area contributed by atoms with Crippen molar-refractivity contribution in [1.29, 1.82) is 0 Å². The first kappa shape index (κ1) is 16.6. The second-order valence-electron chi connectivity index (χ2n) is 5.34. The Bertz CT molecular complexity index is 849. The zero-order valence-electron chi connectivity index (χ0n) is 13.3. The predicted molar refractivity (Wildman–Crippen MR) is 94.8 cm³/mol. The maximum Gasteiger partial charge on any atom is 0.151 e. The number of benzene rings is 3. The molecule has 1 N–H and O–H groups in total. The summed E-state index contributed by atoms with van der Waals surface area (Å²) in [7, 11) is 0. The van der Waals surface area contributed by atoms with Gasteiger partial charge in [-0.05, 0) is 47.5 Å². The van der Waals surface area contributed by atoms with Crippen LogP contribution in [0, 0.1) is 11.6 Å². The van der Waals surface area contributed by atoms with Crippen LogP contribution >= 0.6 is 0 Å². The minimum absolute atomic E-state index is 0.112. The molecule has 0 unspecified atom stereocenters. The fourth-order valence-corrected chi connectivity index (χ4v) is 2.15. The Morgan fingerprint density at radius 1 is 0.920 bits per heavy atom. The number of nitrogens with one attached hydrogen (secondary N) is 1. The summed E-state index contributed by atoms with van der Waals surface area (Å²) in [5.41, 5.74) is 4.58. The summed E-state index contributed by atoms with van der Waals surface area (Å²) >= 11 is 0. The molecule has 0 spiro atoms. The number of anilines is 1. The summed E-state index contributed by atoms with van der Waals surface area (Å²) in [4.78, 5) is 0. The van der Waals surface area contributed by atoms with Crippen LogP contribution in [0.2, 0.25) is 0 Å². The first-order valence-corrected chi connectivity index (χ1v) is 7.71. The van der Waals surface area contributed by atoms with Crippen molar-refractivity contribution >= 4 is 11.9 Å². The highest BCUT2D eigenvalue weighted by atomic mass is 19.1. The van der Waals surface area contributed by atoms with Crippen LogP contribution in [0.3, 0.4) is 0 Å². The molecule has 0 radical (unpaired) electrons. The Morgan fingerprint density at radius 3 is 2.40 bits per heavy atom. The molecule has 0 heterocycles. The second kappa shape index (κ2) is 8.06. The fourth-order valence-electron chi connectivity index (χ4n) is 2.15. The van der Waals surface area contributed by atoms with Crippen molar-refractivity contribution in [3.8, 4) is 5.75 Å². The van der Waals surface area contributed by atoms with Crippen LogP contribution in [0.5, 0.6) is 5.75 Å². The highest BCUT2D eigenvalue weighted by Crippen LogP contribution is 2.15. The third-order valence-electron chi connectivity index (χ3n) is 3.46. The molecule has 3 rings (SSSR count). The molecule has 0 saturated carbocycles. The molecular formula is C20H16F2N2O. The number of hydrazone groups is 1. The highest BCUT2D eigenvalue weighted by molar-refractivity contribution is 5.80. The van der Waals surface area contributed by atoms with E-state index in [2.05, 4.69) is 10.5 Å². The number of hydrogen-bond donors (Lipinski definition) is 1. The number of ether oxygens (including phenoxy) is 1. The van der Waals surface area contributed by atoms with E-state index in [1.807, 2.05) is 54.6 Å². The van der Waals surface area contributed by atoms with Crippen molar-refractivity contribution in [2.45, 2.75) is 6.61 Å². The van der Waals surface area contributed by atoms with Gasteiger partial charge in [0.05, 0.1) is 11.9 Å². The van der Waals surface area contributed by atoms with E-state index < -0.39 is 11.6 Å². The standard InChI is InChI=1S/C20H16F2N2O/c21-17-8-11-20(19(22)12-17)24-23-13-15-6-9-18(10-7-15)25-14-16-4-2-1-3-5-16/h1-13,24H,14H2. The summed E-state index contributed by atoms with van der Waals surface area (Å²) in [6.45, 7) is 0.500. The van der Waals surface area contributed by atoms with Crippen molar-refractivity contribution in [2.24, 2.45) is 5.10 Å². The van der Waals surface area contributed by atoms with Crippen LogP contribution < -0.4 is 10.2 Å². The minimum atomic E-state index is -0.693.